The number of alkyl halides is 2. The number of aromatic nitrogens is 2. The number of carbonyl (C=O) groups is 1. The minimum Gasteiger partial charge on any atom is -0.474 e. The van der Waals surface area contributed by atoms with Gasteiger partial charge >= 0.3 is 0 Å². The molecule has 1 aromatic carbocycles. The second-order valence-electron chi connectivity index (χ2n) is 7.97. The number of aliphatic hydroxyl groups is 1. The lowest BCUT2D eigenvalue weighted by Gasteiger charge is -2.30. The first-order chi connectivity index (χ1) is 17.0. The van der Waals surface area contributed by atoms with Gasteiger partial charge in [0.05, 0.1) is 19.8 Å². The Labute approximate surface area is 201 Å². The number of amides is 1. The monoisotopic (exact) mass is 484 g/mol. The summed E-state index contributed by atoms with van der Waals surface area (Å²) < 4.78 is 37.0. The van der Waals surface area contributed by atoms with E-state index in [4.69, 9.17) is 14.6 Å². The van der Waals surface area contributed by atoms with Gasteiger partial charge in [0, 0.05) is 42.3 Å². The minimum absolute atomic E-state index is 0.0964. The van der Waals surface area contributed by atoms with Crippen molar-refractivity contribution in [2.45, 2.75) is 13.3 Å². The molecule has 3 aromatic rings. The molecule has 4 rings (SSSR count). The highest BCUT2D eigenvalue weighted by molar-refractivity contribution is 6.04. The van der Waals surface area contributed by atoms with Crippen LogP contribution in [-0.4, -0.2) is 60.5 Å². The molecule has 0 radical (unpaired) electrons. The fourth-order valence-electron chi connectivity index (χ4n) is 3.80. The van der Waals surface area contributed by atoms with Crippen molar-refractivity contribution < 1.29 is 28.2 Å². The molecular formula is C25H26F2N4O4. The van der Waals surface area contributed by atoms with Crippen LogP contribution in [0.1, 0.15) is 28.0 Å². The number of ether oxygens (including phenoxy) is 2. The second-order valence-corrected chi connectivity index (χ2v) is 7.97. The molecule has 0 atom stereocenters. The third-order valence-corrected chi connectivity index (χ3v) is 5.59. The first kappa shape index (κ1) is 24.5. The van der Waals surface area contributed by atoms with Crippen molar-refractivity contribution in [3.05, 3.63) is 65.6 Å². The molecule has 0 saturated carbocycles. The number of carbonyl (C=O) groups excluding carboxylic acids is 1. The Morgan fingerprint density at radius 1 is 1.20 bits per heavy atom. The van der Waals surface area contributed by atoms with E-state index >= 15 is 0 Å². The summed E-state index contributed by atoms with van der Waals surface area (Å²) in [5.74, 6) is -0.0803. The van der Waals surface area contributed by atoms with E-state index in [-0.39, 0.29) is 18.8 Å². The SMILES string of the molecule is Cc1ccc(NC(=O)c2ccnc(C(F)F)c2)cc1-c1cnc(OCCO)c(N2CCOCC2)c1. The number of anilines is 2. The van der Waals surface area contributed by atoms with E-state index in [0.29, 0.717) is 37.9 Å². The normalized spacial score (nSPS) is 13.7. The molecule has 184 valence electrons. The Hall–Kier alpha value is -3.63. The number of pyridine rings is 2. The number of aliphatic hydroxyl groups excluding tert-OH is 1. The molecule has 1 fully saturated rings. The first-order valence-electron chi connectivity index (χ1n) is 11.2. The molecule has 35 heavy (non-hydrogen) atoms. The molecule has 2 N–H and O–H groups in total. The summed E-state index contributed by atoms with van der Waals surface area (Å²) in [6.45, 7) is 4.50. The van der Waals surface area contributed by atoms with Crippen LogP contribution in [0.25, 0.3) is 11.1 Å². The van der Waals surface area contributed by atoms with Gasteiger partial charge in [-0.05, 0) is 48.4 Å². The Morgan fingerprint density at radius 3 is 2.74 bits per heavy atom. The minimum atomic E-state index is -2.76. The summed E-state index contributed by atoms with van der Waals surface area (Å²) in [4.78, 5) is 22.9. The number of rotatable bonds is 8. The van der Waals surface area contributed by atoms with E-state index in [0.717, 1.165) is 28.4 Å². The number of benzene rings is 1. The topological polar surface area (TPSA) is 96.8 Å². The number of hydrogen-bond acceptors (Lipinski definition) is 7. The lowest BCUT2D eigenvalue weighted by molar-refractivity contribution is 0.102. The molecule has 3 heterocycles. The lowest BCUT2D eigenvalue weighted by Crippen LogP contribution is -2.36. The van der Waals surface area contributed by atoms with Gasteiger partial charge in [-0.25, -0.2) is 13.8 Å². The molecule has 10 heteroatoms. The highest BCUT2D eigenvalue weighted by atomic mass is 19.3. The average Bonchev–Trinajstić information content (AvgIpc) is 2.89. The van der Waals surface area contributed by atoms with Gasteiger partial charge in [-0.15, -0.1) is 0 Å². The third-order valence-electron chi connectivity index (χ3n) is 5.59. The van der Waals surface area contributed by atoms with E-state index in [9.17, 15) is 13.6 Å². The van der Waals surface area contributed by atoms with Crippen molar-refractivity contribution in [3.63, 3.8) is 0 Å². The Bertz CT molecular complexity index is 1190. The smallest absolute Gasteiger partial charge is 0.280 e. The van der Waals surface area contributed by atoms with Crippen molar-refractivity contribution >= 4 is 17.3 Å². The number of morpholine rings is 1. The van der Waals surface area contributed by atoms with Gasteiger partial charge in [-0.3, -0.25) is 9.78 Å². The van der Waals surface area contributed by atoms with Crippen molar-refractivity contribution in [1.82, 2.24) is 9.97 Å². The molecule has 0 unspecified atom stereocenters. The van der Waals surface area contributed by atoms with Crippen molar-refractivity contribution in [2.75, 3.05) is 49.7 Å². The van der Waals surface area contributed by atoms with E-state index in [1.165, 1.54) is 12.3 Å². The summed E-state index contributed by atoms with van der Waals surface area (Å²) >= 11 is 0. The molecule has 0 aliphatic carbocycles. The number of nitrogens with one attached hydrogen (secondary N) is 1. The maximum Gasteiger partial charge on any atom is 0.280 e. The highest BCUT2D eigenvalue weighted by Gasteiger charge is 2.19. The van der Waals surface area contributed by atoms with Gasteiger partial charge in [0.15, 0.2) is 0 Å². The van der Waals surface area contributed by atoms with E-state index < -0.39 is 18.0 Å². The lowest BCUT2D eigenvalue weighted by atomic mass is 10.0. The molecule has 2 aromatic heterocycles. The standard InChI is InChI=1S/C25H26F2N4O4/c1-16-2-3-19(30-24(33)17-4-5-28-21(12-17)23(26)27)14-20(16)18-13-22(31-6-9-34-10-7-31)25(29-15-18)35-11-8-32/h2-5,12-15,23,32H,6-11H2,1H3,(H,30,33). The molecule has 0 spiro atoms. The fourth-order valence-corrected chi connectivity index (χ4v) is 3.80. The third kappa shape index (κ3) is 5.90. The van der Waals surface area contributed by atoms with Gasteiger partial charge in [0.1, 0.15) is 18.0 Å². The molecule has 1 amide bonds. The Morgan fingerprint density at radius 2 is 2.00 bits per heavy atom. The van der Waals surface area contributed by atoms with Gasteiger partial charge in [-0.1, -0.05) is 6.07 Å². The number of aryl methyl sites for hydroxylation is 1. The van der Waals surface area contributed by atoms with Gasteiger partial charge in [0.25, 0.3) is 12.3 Å². The maximum absolute atomic E-state index is 13.0. The second kappa shape index (κ2) is 11.2. The number of hydrogen-bond donors (Lipinski definition) is 2. The number of halogens is 2. The van der Waals surface area contributed by atoms with Crippen LogP contribution in [0, 0.1) is 6.92 Å². The summed E-state index contributed by atoms with van der Waals surface area (Å²) in [5, 5.41) is 11.9. The van der Waals surface area contributed by atoms with Crippen LogP contribution >= 0.6 is 0 Å². The average molecular weight is 485 g/mol. The first-order valence-corrected chi connectivity index (χ1v) is 11.2. The molecular weight excluding hydrogens is 458 g/mol. The molecule has 0 bridgehead atoms. The van der Waals surface area contributed by atoms with Crippen LogP contribution in [0.15, 0.2) is 48.8 Å². The van der Waals surface area contributed by atoms with E-state index in [1.54, 1.807) is 12.3 Å². The zero-order chi connectivity index (χ0) is 24.8. The van der Waals surface area contributed by atoms with Crippen LogP contribution in [0.2, 0.25) is 0 Å². The zero-order valence-corrected chi connectivity index (χ0v) is 19.2. The largest absolute Gasteiger partial charge is 0.474 e. The zero-order valence-electron chi connectivity index (χ0n) is 19.2. The van der Waals surface area contributed by atoms with Crippen LogP contribution < -0.4 is 15.0 Å². The summed E-state index contributed by atoms with van der Waals surface area (Å²) in [5.41, 5.74) is 3.59. The molecule has 1 aliphatic rings. The van der Waals surface area contributed by atoms with Gasteiger partial charge in [-0.2, -0.15) is 0 Å². The molecule has 1 saturated heterocycles. The van der Waals surface area contributed by atoms with E-state index in [2.05, 4.69) is 20.2 Å². The quantitative estimate of drug-likeness (QED) is 0.501. The Balaban J connectivity index is 1.62. The van der Waals surface area contributed by atoms with Crippen LogP contribution in [0.3, 0.4) is 0 Å². The van der Waals surface area contributed by atoms with Crippen molar-refractivity contribution in [1.29, 1.82) is 0 Å². The highest BCUT2D eigenvalue weighted by Crippen LogP contribution is 2.34. The van der Waals surface area contributed by atoms with Crippen LogP contribution in [0.5, 0.6) is 5.88 Å². The predicted octanol–water partition coefficient (Wildman–Crippen LogP) is 3.85. The summed E-state index contributed by atoms with van der Waals surface area (Å²) in [6, 6.07) is 9.87. The maximum atomic E-state index is 13.0. The molecule has 1 aliphatic heterocycles. The fraction of sp³-hybridized carbons (Fsp3) is 0.320. The van der Waals surface area contributed by atoms with Crippen LogP contribution in [0.4, 0.5) is 20.2 Å². The van der Waals surface area contributed by atoms with Gasteiger partial charge in [0.2, 0.25) is 5.88 Å². The molecule has 8 nitrogen and oxygen atoms in total. The van der Waals surface area contributed by atoms with E-state index in [1.807, 2.05) is 25.1 Å². The predicted molar refractivity (Wildman–Crippen MR) is 127 cm³/mol. The van der Waals surface area contributed by atoms with Crippen molar-refractivity contribution in [2.24, 2.45) is 0 Å². The van der Waals surface area contributed by atoms with Gasteiger partial charge < -0.3 is 24.8 Å². The Kier molecular flexibility index (Phi) is 7.84. The van der Waals surface area contributed by atoms with Crippen molar-refractivity contribution in [3.8, 4) is 17.0 Å². The summed E-state index contributed by atoms with van der Waals surface area (Å²) in [6.07, 6.45) is 0.115. The van der Waals surface area contributed by atoms with Crippen LogP contribution in [-0.2, 0) is 4.74 Å². The summed E-state index contributed by atoms with van der Waals surface area (Å²) in [7, 11) is 0. The number of nitrogens with zero attached hydrogens (tertiary/aromatic N) is 3.